The monoisotopic (exact) mass is 694 g/mol. The molecule has 0 aliphatic heterocycles. The van der Waals surface area contributed by atoms with Crippen molar-refractivity contribution in [2.45, 2.75) is 0 Å². The minimum atomic E-state index is 0.603. The van der Waals surface area contributed by atoms with Crippen LogP contribution < -0.4 is 4.90 Å². The van der Waals surface area contributed by atoms with E-state index in [2.05, 4.69) is 126 Å². The van der Waals surface area contributed by atoms with Gasteiger partial charge >= 0.3 is 0 Å². The molecule has 0 unspecified atom stereocenters. The number of hydrogen-bond donors (Lipinski definition) is 0. The maximum Gasteiger partial charge on any atom is 0.227 e. The quantitative estimate of drug-likeness (QED) is 0.173. The highest BCUT2D eigenvalue weighted by molar-refractivity contribution is 6.10. The van der Waals surface area contributed by atoms with E-state index < -0.39 is 0 Å². The number of nitrogens with zero attached hydrogens (tertiary/aromatic N) is 2. The van der Waals surface area contributed by atoms with Crippen molar-refractivity contribution in [1.29, 1.82) is 0 Å². The molecule has 0 radical (unpaired) electrons. The normalized spacial score (nSPS) is 11.7. The Hall–Kier alpha value is -7.37. The fourth-order valence-electron chi connectivity index (χ4n) is 7.64. The first-order chi connectivity index (χ1) is 26.7. The minimum absolute atomic E-state index is 0.603. The van der Waals surface area contributed by atoms with Gasteiger partial charge in [0.05, 0.1) is 0 Å². The Labute approximate surface area is 309 Å². The number of furan rings is 2. The number of oxazole rings is 1. The molecule has 0 bridgehead atoms. The lowest BCUT2D eigenvalue weighted by Gasteiger charge is -2.26. The zero-order valence-electron chi connectivity index (χ0n) is 28.9. The summed E-state index contributed by atoms with van der Waals surface area (Å²) in [7, 11) is 0. The molecule has 0 atom stereocenters. The Bertz CT molecular complexity index is 3160. The van der Waals surface area contributed by atoms with E-state index in [4.69, 9.17) is 18.2 Å². The predicted octanol–water partition coefficient (Wildman–Crippen LogP) is 14.1. The molecule has 0 fully saturated rings. The van der Waals surface area contributed by atoms with Crippen molar-refractivity contribution >= 4 is 72.0 Å². The molecule has 54 heavy (non-hydrogen) atoms. The van der Waals surface area contributed by atoms with Gasteiger partial charge in [-0.05, 0) is 95.1 Å². The van der Waals surface area contributed by atoms with E-state index in [1.54, 1.807) is 0 Å². The number of hydrogen-bond acceptors (Lipinski definition) is 5. The van der Waals surface area contributed by atoms with Crippen LogP contribution in [0.1, 0.15) is 0 Å². The molecule has 0 N–H and O–H groups in total. The van der Waals surface area contributed by atoms with Crippen LogP contribution in [0.25, 0.3) is 88.7 Å². The van der Waals surface area contributed by atoms with Gasteiger partial charge in [-0.1, -0.05) is 97.1 Å². The molecule has 0 amide bonds. The van der Waals surface area contributed by atoms with E-state index in [9.17, 15) is 0 Å². The van der Waals surface area contributed by atoms with Crippen LogP contribution in [-0.4, -0.2) is 4.98 Å². The molecule has 254 valence electrons. The van der Waals surface area contributed by atoms with Gasteiger partial charge in [0.15, 0.2) is 5.58 Å². The molecule has 0 saturated carbocycles. The Balaban J connectivity index is 0.974. The Morgan fingerprint density at radius 1 is 0.315 bits per heavy atom. The van der Waals surface area contributed by atoms with Crippen LogP contribution in [0.4, 0.5) is 17.1 Å². The molecule has 5 nitrogen and oxygen atoms in total. The van der Waals surface area contributed by atoms with Gasteiger partial charge < -0.3 is 18.2 Å². The first-order valence-electron chi connectivity index (χ1n) is 18.0. The summed E-state index contributed by atoms with van der Waals surface area (Å²) in [5.74, 6) is 0.603. The fraction of sp³-hybridized carbons (Fsp3) is 0. The van der Waals surface area contributed by atoms with Crippen molar-refractivity contribution in [3.63, 3.8) is 0 Å². The van der Waals surface area contributed by atoms with Crippen molar-refractivity contribution in [2.75, 3.05) is 4.90 Å². The third kappa shape index (κ3) is 5.06. The van der Waals surface area contributed by atoms with Crippen LogP contribution in [0, 0.1) is 0 Å². The van der Waals surface area contributed by atoms with Crippen molar-refractivity contribution in [3.05, 3.63) is 182 Å². The van der Waals surface area contributed by atoms with E-state index >= 15 is 0 Å². The van der Waals surface area contributed by atoms with Crippen molar-refractivity contribution in [1.82, 2.24) is 4.98 Å². The lowest BCUT2D eigenvalue weighted by molar-refractivity contribution is 0.620. The summed E-state index contributed by atoms with van der Waals surface area (Å²) in [4.78, 5) is 7.03. The van der Waals surface area contributed by atoms with Crippen molar-refractivity contribution in [2.24, 2.45) is 0 Å². The maximum atomic E-state index is 6.42. The molecule has 11 rings (SSSR count). The first kappa shape index (κ1) is 30.3. The molecular weight excluding hydrogens is 665 g/mol. The molecular formula is C49H30N2O3. The maximum absolute atomic E-state index is 6.42. The Morgan fingerprint density at radius 2 is 0.889 bits per heavy atom. The van der Waals surface area contributed by atoms with E-state index in [0.717, 1.165) is 94.3 Å². The second-order valence-corrected chi connectivity index (χ2v) is 13.6. The summed E-state index contributed by atoms with van der Waals surface area (Å²) in [5, 5.41) is 4.26. The molecule has 11 aromatic rings. The lowest BCUT2D eigenvalue weighted by Crippen LogP contribution is -2.10. The number of aromatic nitrogens is 1. The predicted molar refractivity (Wildman–Crippen MR) is 220 cm³/mol. The molecule has 0 aliphatic carbocycles. The summed E-state index contributed by atoms with van der Waals surface area (Å²) in [6, 6.07) is 62.9. The van der Waals surface area contributed by atoms with Gasteiger partial charge in [-0.2, -0.15) is 0 Å². The average Bonchev–Trinajstić information content (AvgIpc) is 3.93. The zero-order chi connectivity index (χ0) is 35.6. The molecule has 3 aromatic heterocycles. The molecule has 0 saturated heterocycles. The van der Waals surface area contributed by atoms with E-state index in [-0.39, 0.29) is 0 Å². The van der Waals surface area contributed by atoms with Gasteiger partial charge in [-0.25, -0.2) is 4.98 Å². The van der Waals surface area contributed by atoms with E-state index in [0.29, 0.717) is 5.89 Å². The minimum Gasteiger partial charge on any atom is -0.456 e. The van der Waals surface area contributed by atoms with Crippen LogP contribution in [0.15, 0.2) is 195 Å². The second kappa shape index (κ2) is 12.1. The summed E-state index contributed by atoms with van der Waals surface area (Å²) in [6.07, 6.45) is 0. The fourth-order valence-corrected chi connectivity index (χ4v) is 7.64. The van der Waals surface area contributed by atoms with Gasteiger partial charge in [0, 0.05) is 56.3 Å². The summed E-state index contributed by atoms with van der Waals surface area (Å²) >= 11 is 0. The topological polar surface area (TPSA) is 55.6 Å². The van der Waals surface area contributed by atoms with Gasteiger partial charge in [-0.3, -0.25) is 0 Å². The summed E-state index contributed by atoms with van der Waals surface area (Å²) < 4.78 is 18.9. The summed E-state index contributed by atoms with van der Waals surface area (Å²) in [5.41, 5.74) is 13.4. The number of fused-ring (bicyclic) bond motifs is 7. The van der Waals surface area contributed by atoms with Crippen LogP contribution in [-0.2, 0) is 0 Å². The number of para-hydroxylation sites is 1. The largest absolute Gasteiger partial charge is 0.456 e. The zero-order valence-corrected chi connectivity index (χ0v) is 28.9. The van der Waals surface area contributed by atoms with Gasteiger partial charge in [-0.15, -0.1) is 0 Å². The second-order valence-electron chi connectivity index (χ2n) is 13.6. The molecule has 0 spiro atoms. The van der Waals surface area contributed by atoms with Gasteiger partial charge in [0.1, 0.15) is 27.8 Å². The van der Waals surface area contributed by atoms with Gasteiger partial charge in [0.25, 0.3) is 0 Å². The van der Waals surface area contributed by atoms with Crippen LogP contribution >= 0.6 is 0 Å². The third-order valence-electron chi connectivity index (χ3n) is 10.3. The van der Waals surface area contributed by atoms with Crippen molar-refractivity contribution in [3.8, 4) is 33.7 Å². The van der Waals surface area contributed by atoms with E-state index in [1.165, 1.54) is 5.56 Å². The molecule has 3 heterocycles. The highest BCUT2D eigenvalue weighted by Crippen LogP contribution is 2.41. The van der Waals surface area contributed by atoms with E-state index in [1.807, 2.05) is 60.7 Å². The average molecular weight is 695 g/mol. The first-order valence-corrected chi connectivity index (χ1v) is 18.0. The SMILES string of the molecule is c1ccc(-c2cccc(N(c3ccc(-c4ccc5c(c4)oc4cc6nc(-c7ccccc7)oc6cc45)cc3)c3ccc4c(c3)oc3ccccc34)c2)cc1. The highest BCUT2D eigenvalue weighted by Gasteiger charge is 2.18. The lowest BCUT2D eigenvalue weighted by atomic mass is 10.0. The standard InChI is InChI=1S/C49H30N2O3/c1-3-10-31(11-4-1)34-14-9-15-37(26-34)51(38-23-25-40-39-16-7-8-17-44(39)52-46(40)28-38)36-21-18-32(19-22-36)35-20-24-41-42-29-48-43(30-47(42)53-45(41)27-35)50-49(54-48)33-12-5-2-6-13-33/h1-30H. The molecule has 8 aromatic carbocycles. The Kier molecular flexibility index (Phi) is 6.79. The van der Waals surface area contributed by atoms with Crippen LogP contribution in [0.3, 0.4) is 0 Å². The van der Waals surface area contributed by atoms with Crippen LogP contribution in [0.5, 0.6) is 0 Å². The number of anilines is 3. The van der Waals surface area contributed by atoms with Crippen molar-refractivity contribution < 1.29 is 13.3 Å². The Morgan fingerprint density at radius 3 is 1.74 bits per heavy atom. The number of rotatable bonds is 6. The molecule has 5 heteroatoms. The third-order valence-corrected chi connectivity index (χ3v) is 10.3. The van der Waals surface area contributed by atoms with Crippen LogP contribution in [0.2, 0.25) is 0 Å². The molecule has 0 aliphatic rings. The smallest absolute Gasteiger partial charge is 0.227 e. The highest BCUT2D eigenvalue weighted by atomic mass is 16.4. The van der Waals surface area contributed by atoms with Gasteiger partial charge in [0.2, 0.25) is 5.89 Å². The summed E-state index contributed by atoms with van der Waals surface area (Å²) in [6.45, 7) is 0. The number of benzene rings is 8.